The summed E-state index contributed by atoms with van der Waals surface area (Å²) in [7, 11) is 0. The van der Waals surface area contributed by atoms with Crippen molar-refractivity contribution in [3.63, 3.8) is 0 Å². The molecule has 2 aliphatic heterocycles. The Hall–Kier alpha value is -1.43. The van der Waals surface area contributed by atoms with Crippen LogP contribution in [0.4, 0.5) is 0 Å². The highest BCUT2D eigenvalue weighted by Gasteiger charge is 2.26. The minimum absolute atomic E-state index is 0.0705. The summed E-state index contributed by atoms with van der Waals surface area (Å²) in [6.07, 6.45) is 3.18. The Bertz CT molecular complexity index is 494. The van der Waals surface area contributed by atoms with E-state index in [1.165, 1.54) is 6.42 Å². The van der Waals surface area contributed by atoms with E-state index in [1.54, 1.807) is 0 Å². The third-order valence-electron chi connectivity index (χ3n) is 4.92. The average molecular weight is 317 g/mol. The monoisotopic (exact) mass is 317 g/mol. The predicted octanol–water partition coefficient (Wildman–Crippen LogP) is 1.30. The summed E-state index contributed by atoms with van der Waals surface area (Å²) >= 11 is 0. The molecule has 5 heteroatoms. The molecule has 3 N–H and O–H groups in total. The molecule has 1 aromatic carbocycles. The van der Waals surface area contributed by atoms with Gasteiger partial charge >= 0.3 is 0 Å². The Balaban J connectivity index is 1.42. The van der Waals surface area contributed by atoms with Crippen molar-refractivity contribution in [3.8, 4) is 0 Å². The molecule has 3 rings (SSSR count). The number of hydrogen-bond donors (Lipinski definition) is 2. The summed E-state index contributed by atoms with van der Waals surface area (Å²) in [4.78, 5) is 14.8. The van der Waals surface area contributed by atoms with E-state index < -0.39 is 6.04 Å². The fraction of sp³-hybridized carbons (Fsp3) is 0.611. The highest BCUT2D eigenvalue weighted by molar-refractivity contribution is 5.83. The topological polar surface area (TPSA) is 67.6 Å². The first-order chi connectivity index (χ1) is 11.2. The van der Waals surface area contributed by atoms with Crippen LogP contribution in [0.25, 0.3) is 0 Å². The lowest BCUT2D eigenvalue weighted by atomic mass is 10.0. The van der Waals surface area contributed by atoms with Crippen LogP contribution in [-0.4, -0.2) is 49.7 Å². The van der Waals surface area contributed by atoms with Crippen LogP contribution in [0.3, 0.4) is 0 Å². The van der Waals surface area contributed by atoms with Gasteiger partial charge in [0.15, 0.2) is 0 Å². The van der Waals surface area contributed by atoms with Gasteiger partial charge in [-0.1, -0.05) is 30.3 Å². The number of benzene rings is 1. The van der Waals surface area contributed by atoms with Crippen LogP contribution in [0.1, 0.15) is 30.9 Å². The summed E-state index contributed by atoms with van der Waals surface area (Å²) in [5.74, 6) is 0.617. The number of nitrogens with zero attached hydrogens (tertiary/aromatic N) is 1. The van der Waals surface area contributed by atoms with Gasteiger partial charge in [0, 0.05) is 32.3 Å². The van der Waals surface area contributed by atoms with Crippen molar-refractivity contribution >= 4 is 5.91 Å². The molecule has 0 aliphatic carbocycles. The van der Waals surface area contributed by atoms with E-state index in [1.807, 2.05) is 30.3 Å². The van der Waals surface area contributed by atoms with Gasteiger partial charge in [0.05, 0.1) is 6.61 Å². The van der Waals surface area contributed by atoms with E-state index in [-0.39, 0.29) is 11.9 Å². The maximum absolute atomic E-state index is 12.3. The highest BCUT2D eigenvalue weighted by atomic mass is 16.5. The lowest BCUT2D eigenvalue weighted by Crippen LogP contribution is -2.47. The lowest BCUT2D eigenvalue weighted by Gasteiger charge is -2.34. The number of carbonyl (C=O) groups excluding carboxylic acids is 1. The molecule has 2 heterocycles. The second-order valence-corrected chi connectivity index (χ2v) is 6.70. The third-order valence-corrected chi connectivity index (χ3v) is 4.92. The number of hydrogen-bond acceptors (Lipinski definition) is 4. The van der Waals surface area contributed by atoms with E-state index in [0.29, 0.717) is 5.92 Å². The summed E-state index contributed by atoms with van der Waals surface area (Å²) in [5, 5.41) is 3.12. The third kappa shape index (κ3) is 4.53. The van der Waals surface area contributed by atoms with Crippen molar-refractivity contribution in [2.45, 2.75) is 31.3 Å². The first kappa shape index (κ1) is 16.4. The van der Waals surface area contributed by atoms with E-state index in [4.69, 9.17) is 10.5 Å². The minimum atomic E-state index is -0.579. The molecule has 5 nitrogen and oxygen atoms in total. The highest BCUT2D eigenvalue weighted by Crippen LogP contribution is 2.18. The lowest BCUT2D eigenvalue weighted by molar-refractivity contribution is -0.123. The second-order valence-electron chi connectivity index (χ2n) is 6.70. The summed E-state index contributed by atoms with van der Waals surface area (Å²) in [6, 6.07) is 9.21. The number of rotatable bonds is 5. The van der Waals surface area contributed by atoms with Crippen LogP contribution in [0.2, 0.25) is 0 Å². The fourth-order valence-electron chi connectivity index (χ4n) is 3.46. The Kier molecular flexibility index (Phi) is 5.65. The predicted molar refractivity (Wildman–Crippen MR) is 89.9 cm³/mol. The van der Waals surface area contributed by atoms with Gasteiger partial charge in [-0.15, -0.1) is 0 Å². The van der Waals surface area contributed by atoms with Crippen LogP contribution in [0, 0.1) is 5.92 Å². The van der Waals surface area contributed by atoms with E-state index in [2.05, 4.69) is 10.2 Å². The molecule has 2 fully saturated rings. The van der Waals surface area contributed by atoms with Gasteiger partial charge in [-0.3, -0.25) is 4.79 Å². The maximum atomic E-state index is 12.3. The van der Waals surface area contributed by atoms with Crippen LogP contribution in [0.15, 0.2) is 30.3 Å². The van der Waals surface area contributed by atoms with Gasteiger partial charge in [0.2, 0.25) is 5.91 Å². The van der Waals surface area contributed by atoms with Crippen molar-refractivity contribution in [1.82, 2.24) is 10.2 Å². The summed E-state index contributed by atoms with van der Waals surface area (Å²) in [5.41, 5.74) is 6.92. The number of carbonyl (C=O) groups is 1. The number of piperidine rings is 1. The summed E-state index contributed by atoms with van der Waals surface area (Å²) in [6.45, 7) is 5.03. The van der Waals surface area contributed by atoms with Crippen LogP contribution in [0.5, 0.6) is 0 Å². The van der Waals surface area contributed by atoms with Crippen molar-refractivity contribution < 1.29 is 9.53 Å². The number of ether oxygens (including phenoxy) is 1. The van der Waals surface area contributed by atoms with Gasteiger partial charge in [0.1, 0.15) is 6.04 Å². The molecule has 0 bridgehead atoms. The van der Waals surface area contributed by atoms with Gasteiger partial charge in [-0.2, -0.15) is 0 Å². The Labute approximate surface area is 138 Å². The number of nitrogens with two attached hydrogens (primary N) is 1. The summed E-state index contributed by atoms with van der Waals surface area (Å²) < 4.78 is 5.44. The first-order valence-corrected chi connectivity index (χ1v) is 8.63. The van der Waals surface area contributed by atoms with Crippen molar-refractivity contribution in [2.75, 3.05) is 32.8 Å². The number of nitrogens with one attached hydrogen (secondary N) is 1. The molecule has 1 aromatic rings. The molecule has 2 aliphatic rings. The van der Waals surface area contributed by atoms with Crippen molar-refractivity contribution in [3.05, 3.63) is 35.9 Å². The van der Waals surface area contributed by atoms with Gasteiger partial charge in [-0.25, -0.2) is 0 Å². The molecule has 2 unspecified atom stereocenters. The Morgan fingerprint density at radius 1 is 1.26 bits per heavy atom. The fourth-order valence-corrected chi connectivity index (χ4v) is 3.46. The largest absolute Gasteiger partial charge is 0.381 e. The molecule has 0 spiro atoms. The van der Waals surface area contributed by atoms with E-state index in [0.717, 1.165) is 51.3 Å². The maximum Gasteiger partial charge on any atom is 0.241 e. The number of amides is 1. The zero-order valence-corrected chi connectivity index (χ0v) is 13.6. The minimum Gasteiger partial charge on any atom is -0.381 e. The molecule has 0 aromatic heterocycles. The zero-order valence-electron chi connectivity index (χ0n) is 13.6. The molecule has 126 valence electrons. The standard InChI is InChI=1S/C18H27N3O2/c19-17(15-4-2-1-3-5-15)18(22)20-16-6-9-21(10-7-16)12-14-8-11-23-13-14/h1-5,14,16-17H,6-13,19H2,(H,20,22). The normalized spacial score (nSPS) is 24.5. The average Bonchev–Trinajstić information content (AvgIpc) is 3.10. The quantitative estimate of drug-likeness (QED) is 0.859. The smallest absolute Gasteiger partial charge is 0.241 e. The van der Waals surface area contributed by atoms with Crippen LogP contribution >= 0.6 is 0 Å². The molecule has 2 saturated heterocycles. The Morgan fingerprint density at radius 2 is 2.00 bits per heavy atom. The van der Waals surface area contributed by atoms with E-state index >= 15 is 0 Å². The van der Waals surface area contributed by atoms with Crippen LogP contribution in [-0.2, 0) is 9.53 Å². The molecule has 0 saturated carbocycles. The van der Waals surface area contributed by atoms with Crippen molar-refractivity contribution in [2.24, 2.45) is 11.7 Å². The molecule has 1 amide bonds. The van der Waals surface area contributed by atoms with E-state index in [9.17, 15) is 4.79 Å². The molecular weight excluding hydrogens is 290 g/mol. The zero-order chi connectivity index (χ0) is 16.1. The van der Waals surface area contributed by atoms with Gasteiger partial charge < -0.3 is 20.7 Å². The van der Waals surface area contributed by atoms with Gasteiger partial charge in [0.25, 0.3) is 0 Å². The molecular formula is C18H27N3O2. The molecule has 2 atom stereocenters. The molecule has 23 heavy (non-hydrogen) atoms. The van der Waals surface area contributed by atoms with Gasteiger partial charge in [-0.05, 0) is 30.7 Å². The van der Waals surface area contributed by atoms with Crippen LogP contribution < -0.4 is 11.1 Å². The molecule has 0 radical (unpaired) electrons. The Morgan fingerprint density at radius 3 is 2.65 bits per heavy atom. The number of likely N-dealkylation sites (tertiary alicyclic amines) is 1. The SMILES string of the molecule is NC(C(=O)NC1CCN(CC2CCOC2)CC1)c1ccccc1. The second kappa shape index (κ2) is 7.90. The van der Waals surface area contributed by atoms with Crippen molar-refractivity contribution in [1.29, 1.82) is 0 Å². The first-order valence-electron chi connectivity index (χ1n) is 8.63.